The predicted molar refractivity (Wildman–Crippen MR) is 102 cm³/mol. The highest BCUT2D eigenvalue weighted by Gasteiger charge is 2.17. The van der Waals surface area contributed by atoms with Crippen molar-refractivity contribution in [3.05, 3.63) is 79.0 Å². The fourth-order valence-corrected chi connectivity index (χ4v) is 2.79. The lowest BCUT2D eigenvalue weighted by atomic mass is 10.1. The van der Waals surface area contributed by atoms with Crippen molar-refractivity contribution >= 4 is 28.5 Å². The zero-order valence-electron chi connectivity index (χ0n) is 14.4. The number of amides is 1. The average molecular weight is 348 g/mol. The highest BCUT2D eigenvalue weighted by molar-refractivity contribution is 5.95. The van der Waals surface area contributed by atoms with E-state index in [1.807, 2.05) is 54.6 Å². The number of H-pyrrole nitrogens is 1. The number of carbonyl (C=O) groups excluding carboxylic acids is 2. The van der Waals surface area contributed by atoms with E-state index in [4.69, 9.17) is 4.74 Å². The number of nitrogens with one attached hydrogen (secondary N) is 1. The van der Waals surface area contributed by atoms with E-state index in [1.165, 1.54) is 4.90 Å². The van der Waals surface area contributed by atoms with Crippen molar-refractivity contribution in [2.75, 3.05) is 18.1 Å². The smallest absolute Gasteiger partial charge is 0.310 e. The van der Waals surface area contributed by atoms with Gasteiger partial charge in [0.15, 0.2) is 6.61 Å². The zero-order valence-corrected chi connectivity index (χ0v) is 14.4. The van der Waals surface area contributed by atoms with Crippen LogP contribution in [-0.2, 0) is 20.7 Å². The molecule has 1 N–H and O–H groups in total. The summed E-state index contributed by atoms with van der Waals surface area (Å²) in [6.45, 7) is 3.73. The highest BCUT2D eigenvalue weighted by Crippen LogP contribution is 2.18. The Morgan fingerprint density at radius 1 is 1.08 bits per heavy atom. The largest absolute Gasteiger partial charge is 0.455 e. The molecule has 26 heavy (non-hydrogen) atoms. The Hall–Kier alpha value is -3.34. The van der Waals surface area contributed by atoms with Crippen LogP contribution in [0.1, 0.15) is 5.56 Å². The molecule has 0 aliphatic heterocycles. The Morgan fingerprint density at radius 3 is 2.58 bits per heavy atom. The summed E-state index contributed by atoms with van der Waals surface area (Å²) in [5.74, 6) is -0.724. The van der Waals surface area contributed by atoms with Gasteiger partial charge in [-0.1, -0.05) is 42.5 Å². The van der Waals surface area contributed by atoms with Gasteiger partial charge in [-0.3, -0.25) is 9.59 Å². The fraction of sp³-hybridized carbons (Fsp3) is 0.143. The first-order valence-electron chi connectivity index (χ1n) is 8.36. The first-order valence-corrected chi connectivity index (χ1v) is 8.36. The van der Waals surface area contributed by atoms with E-state index in [0.717, 1.165) is 22.2 Å². The molecule has 3 rings (SSSR count). The van der Waals surface area contributed by atoms with Gasteiger partial charge in [-0.2, -0.15) is 0 Å². The number of nitrogens with zero attached hydrogens (tertiary/aromatic N) is 1. The third kappa shape index (κ3) is 4.00. The molecule has 0 fully saturated rings. The SMILES string of the molecule is C=CCN(C(=O)COC(=O)Cc1c[nH]c2ccccc12)c1ccccc1. The topological polar surface area (TPSA) is 62.4 Å². The molecule has 0 aliphatic rings. The molecule has 0 unspecified atom stereocenters. The third-order valence-electron chi connectivity index (χ3n) is 4.05. The normalized spacial score (nSPS) is 10.5. The predicted octanol–water partition coefficient (Wildman–Crippen LogP) is 3.47. The van der Waals surface area contributed by atoms with Crippen molar-refractivity contribution in [2.24, 2.45) is 0 Å². The van der Waals surface area contributed by atoms with Crippen molar-refractivity contribution in [2.45, 2.75) is 6.42 Å². The van der Waals surface area contributed by atoms with Gasteiger partial charge in [0.25, 0.3) is 5.91 Å². The van der Waals surface area contributed by atoms with E-state index in [2.05, 4.69) is 11.6 Å². The number of carbonyl (C=O) groups is 2. The van der Waals surface area contributed by atoms with Crippen LogP contribution in [0, 0.1) is 0 Å². The van der Waals surface area contributed by atoms with Crippen molar-refractivity contribution in [1.29, 1.82) is 0 Å². The molecule has 1 aromatic heterocycles. The quantitative estimate of drug-likeness (QED) is 0.525. The molecule has 0 radical (unpaired) electrons. The molecule has 132 valence electrons. The van der Waals surface area contributed by atoms with Crippen LogP contribution in [0.4, 0.5) is 5.69 Å². The molecule has 1 amide bonds. The summed E-state index contributed by atoms with van der Waals surface area (Å²) in [6, 6.07) is 17.0. The second-order valence-corrected chi connectivity index (χ2v) is 5.83. The summed E-state index contributed by atoms with van der Waals surface area (Å²) in [6.07, 6.45) is 3.55. The van der Waals surface area contributed by atoms with E-state index in [0.29, 0.717) is 6.54 Å². The minimum atomic E-state index is -0.435. The van der Waals surface area contributed by atoms with Gasteiger partial charge in [0, 0.05) is 29.3 Å². The molecule has 3 aromatic rings. The monoisotopic (exact) mass is 348 g/mol. The van der Waals surface area contributed by atoms with Crippen molar-refractivity contribution in [3.63, 3.8) is 0 Å². The number of ether oxygens (including phenoxy) is 1. The van der Waals surface area contributed by atoms with Crippen LogP contribution in [-0.4, -0.2) is 30.0 Å². The Balaban J connectivity index is 1.61. The van der Waals surface area contributed by atoms with Gasteiger partial charge in [0.1, 0.15) is 0 Å². The van der Waals surface area contributed by atoms with Gasteiger partial charge in [-0.05, 0) is 23.8 Å². The lowest BCUT2D eigenvalue weighted by Gasteiger charge is -2.21. The van der Waals surface area contributed by atoms with E-state index >= 15 is 0 Å². The molecule has 0 aliphatic carbocycles. The van der Waals surface area contributed by atoms with Crippen LogP contribution in [0.15, 0.2) is 73.4 Å². The molecule has 0 atom stereocenters. The summed E-state index contributed by atoms with van der Waals surface area (Å²) in [4.78, 5) is 29.3. The van der Waals surface area contributed by atoms with Crippen molar-refractivity contribution < 1.29 is 14.3 Å². The molecule has 0 bridgehead atoms. The molecule has 0 spiro atoms. The minimum absolute atomic E-state index is 0.115. The number of para-hydroxylation sites is 2. The highest BCUT2D eigenvalue weighted by atomic mass is 16.5. The number of hydrogen-bond acceptors (Lipinski definition) is 3. The first kappa shape index (κ1) is 17.5. The van der Waals surface area contributed by atoms with E-state index < -0.39 is 5.97 Å². The maximum atomic E-state index is 12.4. The number of aromatic amines is 1. The molecule has 5 heteroatoms. The van der Waals surface area contributed by atoms with Crippen LogP contribution in [0.3, 0.4) is 0 Å². The molecular weight excluding hydrogens is 328 g/mol. The Labute approximate surface area is 151 Å². The lowest BCUT2D eigenvalue weighted by molar-refractivity contribution is -0.147. The summed E-state index contributed by atoms with van der Waals surface area (Å²) in [5, 5.41) is 0.980. The summed E-state index contributed by atoms with van der Waals surface area (Å²) >= 11 is 0. The fourth-order valence-electron chi connectivity index (χ4n) is 2.79. The molecule has 0 saturated carbocycles. The molecule has 1 heterocycles. The van der Waals surface area contributed by atoms with Gasteiger partial charge < -0.3 is 14.6 Å². The van der Waals surface area contributed by atoms with Crippen LogP contribution in [0.2, 0.25) is 0 Å². The van der Waals surface area contributed by atoms with Crippen molar-refractivity contribution in [1.82, 2.24) is 4.98 Å². The number of rotatable bonds is 7. The van der Waals surface area contributed by atoms with Crippen LogP contribution in [0.5, 0.6) is 0 Å². The third-order valence-corrected chi connectivity index (χ3v) is 4.05. The van der Waals surface area contributed by atoms with Gasteiger partial charge >= 0.3 is 5.97 Å². The lowest BCUT2D eigenvalue weighted by Crippen LogP contribution is -2.35. The van der Waals surface area contributed by atoms with Crippen LogP contribution in [0.25, 0.3) is 10.9 Å². The van der Waals surface area contributed by atoms with Crippen molar-refractivity contribution in [3.8, 4) is 0 Å². The second-order valence-electron chi connectivity index (χ2n) is 5.83. The Morgan fingerprint density at radius 2 is 1.81 bits per heavy atom. The number of hydrogen-bond donors (Lipinski definition) is 1. The minimum Gasteiger partial charge on any atom is -0.455 e. The molecule has 2 aromatic carbocycles. The maximum absolute atomic E-state index is 12.4. The molecule has 5 nitrogen and oxygen atoms in total. The first-order chi connectivity index (χ1) is 12.7. The Kier molecular flexibility index (Phi) is 5.49. The number of fused-ring (bicyclic) bond motifs is 1. The van der Waals surface area contributed by atoms with Gasteiger partial charge in [0.2, 0.25) is 0 Å². The van der Waals surface area contributed by atoms with E-state index in [-0.39, 0.29) is 18.9 Å². The number of esters is 1. The number of anilines is 1. The summed E-state index contributed by atoms with van der Waals surface area (Å²) in [7, 11) is 0. The summed E-state index contributed by atoms with van der Waals surface area (Å²) in [5.41, 5.74) is 2.56. The average Bonchev–Trinajstić information content (AvgIpc) is 3.08. The Bertz CT molecular complexity index is 915. The summed E-state index contributed by atoms with van der Waals surface area (Å²) < 4.78 is 5.20. The molecular formula is C21H20N2O3. The van der Waals surface area contributed by atoms with Crippen LogP contribution < -0.4 is 4.90 Å². The van der Waals surface area contributed by atoms with Gasteiger partial charge in [-0.15, -0.1) is 6.58 Å². The van der Waals surface area contributed by atoms with Gasteiger partial charge in [-0.25, -0.2) is 0 Å². The molecule has 0 saturated heterocycles. The zero-order chi connectivity index (χ0) is 18.4. The number of benzene rings is 2. The van der Waals surface area contributed by atoms with E-state index in [9.17, 15) is 9.59 Å². The maximum Gasteiger partial charge on any atom is 0.310 e. The second kappa shape index (κ2) is 8.16. The van der Waals surface area contributed by atoms with Gasteiger partial charge in [0.05, 0.1) is 6.42 Å². The number of aromatic nitrogens is 1. The van der Waals surface area contributed by atoms with Crippen LogP contribution >= 0.6 is 0 Å². The standard InChI is InChI=1S/C21H20N2O3/c1-2-12-23(17-8-4-3-5-9-17)20(24)15-26-21(25)13-16-14-22-19-11-7-6-10-18(16)19/h2-11,14,22H,1,12-13,15H2. The van der Waals surface area contributed by atoms with E-state index in [1.54, 1.807) is 12.3 Å².